The molecule has 0 amide bonds. The number of hydrogen-bond acceptors (Lipinski definition) is 0. The molecule has 0 nitrogen and oxygen atoms in total. The summed E-state index contributed by atoms with van der Waals surface area (Å²) < 4.78 is 0. The molecular weight excluding hydrogens is 168 g/mol. The first-order valence-electron chi connectivity index (χ1n) is 5.95. The average Bonchev–Trinajstić information content (AvgIpc) is 2.22. The summed E-state index contributed by atoms with van der Waals surface area (Å²) in [6.07, 6.45) is 24.0. The van der Waals surface area contributed by atoms with Gasteiger partial charge in [0.25, 0.3) is 0 Å². The van der Waals surface area contributed by atoms with Crippen LogP contribution in [-0.2, 0) is 0 Å². The maximum absolute atomic E-state index is 2.35. The van der Waals surface area contributed by atoms with Crippen LogP contribution in [0, 0.1) is 0 Å². The minimum atomic E-state index is 1.12. The maximum Gasteiger partial charge on any atom is -0.0169 e. The van der Waals surface area contributed by atoms with Crippen molar-refractivity contribution < 1.29 is 0 Å². The fourth-order valence-corrected chi connectivity index (χ4v) is 1.62. The molecule has 0 heterocycles. The number of allylic oxidation sites excluding steroid dienone is 6. The van der Waals surface area contributed by atoms with Gasteiger partial charge in [-0.1, -0.05) is 36.5 Å². The van der Waals surface area contributed by atoms with Crippen LogP contribution in [0.5, 0.6) is 0 Å². The summed E-state index contributed by atoms with van der Waals surface area (Å²) in [7, 11) is 0. The summed E-state index contributed by atoms with van der Waals surface area (Å²) in [4.78, 5) is 0. The molecule has 0 bridgehead atoms. The van der Waals surface area contributed by atoms with Crippen molar-refractivity contribution in [2.24, 2.45) is 0 Å². The Bertz CT molecular complexity index is 196. The van der Waals surface area contributed by atoms with Crippen LogP contribution in [0.15, 0.2) is 36.5 Å². The molecule has 0 aromatic heterocycles. The second kappa shape index (κ2) is 8.80. The molecule has 0 radical (unpaired) electrons. The molecule has 0 unspecified atom stereocenters. The van der Waals surface area contributed by atoms with Crippen molar-refractivity contribution in [1.29, 1.82) is 0 Å². The van der Waals surface area contributed by atoms with Crippen molar-refractivity contribution in [3.8, 4) is 0 Å². The number of rotatable bonds is 0. The van der Waals surface area contributed by atoms with E-state index in [1.54, 1.807) is 0 Å². The minimum Gasteiger partial charge on any atom is -0.0885 e. The summed E-state index contributed by atoms with van der Waals surface area (Å²) in [6.45, 7) is 0. The molecular formula is C14H22. The van der Waals surface area contributed by atoms with E-state index in [4.69, 9.17) is 0 Å². The van der Waals surface area contributed by atoms with Gasteiger partial charge in [0.05, 0.1) is 0 Å². The van der Waals surface area contributed by atoms with E-state index >= 15 is 0 Å². The van der Waals surface area contributed by atoms with Gasteiger partial charge in [0.1, 0.15) is 0 Å². The first-order valence-corrected chi connectivity index (χ1v) is 5.95. The molecule has 0 spiro atoms. The van der Waals surface area contributed by atoms with Gasteiger partial charge in [-0.3, -0.25) is 0 Å². The Labute approximate surface area is 88.4 Å². The van der Waals surface area contributed by atoms with Crippen LogP contribution in [0.1, 0.15) is 51.4 Å². The summed E-state index contributed by atoms with van der Waals surface area (Å²) in [6, 6.07) is 0. The normalized spacial score (nSPS) is 27.4. The first-order chi connectivity index (χ1) is 7.00. The molecule has 0 atom stereocenters. The third kappa shape index (κ3) is 6.71. The Morgan fingerprint density at radius 3 is 1.43 bits per heavy atom. The van der Waals surface area contributed by atoms with Gasteiger partial charge in [0.15, 0.2) is 0 Å². The molecule has 0 saturated heterocycles. The van der Waals surface area contributed by atoms with Gasteiger partial charge >= 0.3 is 0 Å². The monoisotopic (exact) mass is 190 g/mol. The Hall–Kier alpha value is -0.780. The van der Waals surface area contributed by atoms with Crippen molar-refractivity contribution in [3.63, 3.8) is 0 Å². The largest absolute Gasteiger partial charge is 0.0885 e. The third-order valence-electron chi connectivity index (χ3n) is 2.51. The van der Waals surface area contributed by atoms with E-state index in [9.17, 15) is 0 Å². The van der Waals surface area contributed by atoms with Crippen molar-refractivity contribution in [2.45, 2.75) is 51.4 Å². The molecule has 78 valence electrons. The first kappa shape index (κ1) is 11.3. The average molecular weight is 190 g/mol. The van der Waals surface area contributed by atoms with E-state index in [1.807, 2.05) is 0 Å². The smallest absolute Gasteiger partial charge is 0.0169 e. The van der Waals surface area contributed by atoms with Crippen LogP contribution in [0.3, 0.4) is 0 Å². The second-order valence-electron chi connectivity index (χ2n) is 3.87. The highest BCUT2D eigenvalue weighted by Crippen LogP contribution is 2.05. The lowest BCUT2D eigenvalue weighted by Gasteiger charge is -1.95. The van der Waals surface area contributed by atoms with E-state index in [2.05, 4.69) is 36.5 Å². The van der Waals surface area contributed by atoms with Gasteiger partial charge in [0.2, 0.25) is 0 Å². The molecule has 14 heavy (non-hydrogen) atoms. The molecule has 1 aliphatic carbocycles. The molecule has 0 N–H and O–H groups in total. The molecule has 1 aliphatic rings. The lowest BCUT2D eigenvalue weighted by Crippen LogP contribution is -1.75. The molecule has 0 aromatic carbocycles. The van der Waals surface area contributed by atoms with Crippen molar-refractivity contribution in [1.82, 2.24) is 0 Å². The van der Waals surface area contributed by atoms with Gasteiger partial charge in [-0.05, 0) is 51.4 Å². The topological polar surface area (TPSA) is 0 Å². The van der Waals surface area contributed by atoms with Crippen LogP contribution in [0.2, 0.25) is 0 Å². The van der Waals surface area contributed by atoms with E-state index in [1.165, 1.54) is 44.9 Å². The van der Waals surface area contributed by atoms with Crippen LogP contribution >= 0.6 is 0 Å². The third-order valence-corrected chi connectivity index (χ3v) is 2.51. The Morgan fingerprint density at radius 1 is 0.429 bits per heavy atom. The lowest BCUT2D eigenvalue weighted by atomic mass is 10.1. The van der Waals surface area contributed by atoms with Crippen LogP contribution in [-0.4, -0.2) is 0 Å². The SMILES string of the molecule is C1=C\CCC/C=C\CCCC/C=C\C/1. The Balaban J connectivity index is 2.25. The van der Waals surface area contributed by atoms with E-state index in [-0.39, 0.29) is 0 Å². The predicted molar refractivity (Wildman–Crippen MR) is 64.4 cm³/mol. The Morgan fingerprint density at radius 2 is 0.857 bits per heavy atom. The highest BCUT2D eigenvalue weighted by Gasteiger charge is 1.85. The van der Waals surface area contributed by atoms with Crippen LogP contribution < -0.4 is 0 Å². The quantitative estimate of drug-likeness (QED) is 0.482. The highest BCUT2D eigenvalue weighted by molar-refractivity contribution is 4.93. The van der Waals surface area contributed by atoms with Gasteiger partial charge in [-0.2, -0.15) is 0 Å². The fourth-order valence-electron chi connectivity index (χ4n) is 1.62. The molecule has 0 fully saturated rings. The van der Waals surface area contributed by atoms with E-state index < -0.39 is 0 Å². The van der Waals surface area contributed by atoms with Crippen molar-refractivity contribution >= 4 is 0 Å². The van der Waals surface area contributed by atoms with Crippen molar-refractivity contribution in [3.05, 3.63) is 36.5 Å². The van der Waals surface area contributed by atoms with Gasteiger partial charge in [0, 0.05) is 0 Å². The van der Waals surface area contributed by atoms with Crippen LogP contribution in [0.4, 0.5) is 0 Å². The van der Waals surface area contributed by atoms with Crippen LogP contribution in [0.25, 0.3) is 0 Å². The molecule has 0 heteroatoms. The van der Waals surface area contributed by atoms with E-state index in [0.29, 0.717) is 0 Å². The second-order valence-corrected chi connectivity index (χ2v) is 3.87. The summed E-state index contributed by atoms with van der Waals surface area (Å²) in [5.74, 6) is 0. The minimum absolute atomic E-state index is 1.12. The molecule has 0 saturated carbocycles. The van der Waals surface area contributed by atoms with Gasteiger partial charge in [-0.25, -0.2) is 0 Å². The summed E-state index contributed by atoms with van der Waals surface area (Å²) >= 11 is 0. The maximum atomic E-state index is 2.35. The fraction of sp³-hybridized carbons (Fsp3) is 0.571. The lowest BCUT2D eigenvalue weighted by molar-refractivity contribution is 0.757. The standard InChI is InChI=1S/C14H22/c1-2-4-6-8-10-12-14-13-11-9-7-5-3-1/h1-2,5,7,10,12H,3-4,6,8-9,11,13-14H2/b2-1-,7-5-,12-10-. The molecule has 0 aromatic rings. The number of hydrogen-bond donors (Lipinski definition) is 0. The molecule has 0 aliphatic heterocycles. The zero-order valence-electron chi connectivity index (χ0n) is 9.12. The van der Waals surface area contributed by atoms with E-state index in [0.717, 1.165) is 6.42 Å². The van der Waals surface area contributed by atoms with Gasteiger partial charge in [-0.15, -0.1) is 0 Å². The summed E-state index contributed by atoms with van der Waals surface area (Å²) in [5, 5.41) is 0. The van der Waals surface area contributed by atoms with Gasteiger partial charge < -0.3 is 0 Å². The summed E-state index contributed by atoms with van der Waals surface area (Å²) in [5.41, 5.74) is 0. The molecule has 1 rings (SSSR count). The highest BCUT2D eigenvalue weighted by atomic mass is 13.9. The predicted octanol–water partition coefficient (Wildman–Crippen LogP) is 4.79. The van der Waals surface area contributed by atoms with Crippen molar-refractivity contribution in [2.75, 3.05) is 0 Å². The zero-order valence-corrected chi connectivity index (χ0v) is 9.12. The zero-order chi connectivity index (χ0) is 9.90. The Kier molecular flexibility index (Phi) is 7.10.